The Morgan fingerprint density at radius 3 is 2.55 bits per heavy atom. The van der Waals surface area contributed by atoms with Gasteiger partial charge in [-0.2, -0.15) is 0 Å². The molecule has 2 rings (SSSR count). The second kappa shape index (κ2) is 7.53. The predicted octanol–water partition coefficient (Wildman–Crippen LogP) is 3.93. The zero-order chi connectivity index (χ0) is 14.4. The highest BCUT2D eigenvalue weighted by molar-refractivity contribution is 5.44. The van der Waals surface area contributed by atoms with Gasteiger partial charge < -0.3 is 14.8 Å². The number of nitrogens with one attached hydrogen (secondary N) is 1. The van der Waals surface area contributed by atoms with Gasteiger partial charge in [-0.1, -0.05) is 19.4 Å². The standard InChI is InChI=1S/C17H27NO2/c1-4-13-9-10-18-15(11-13)14-7-8-16(19-5-2)17(12-14)20-6-3/h7-8,12-13,15,18H,4-6,9-11H2,1-3H3. The first kappa shape index (κ1) is 15.2. The Morgan fingerprint density at radius 2 is 1.85 bits per heavy atom. The van der Waals surface area contributed by atoms with E-state index in [0.717, 1.165) is 24.0 Å². The van der Waals surface area contributed by atoms with E-state index < -0.39 is 0 Å². The number of rotatable bonds is 6. The summed E-state index contributed by atoms with van der Waals surface area (Å²) in [5.41, 5.74) is 1.31. The van der Waals surface area contributed by atoms with Crippen molar-refractivity contribution in [1.82, 2.24) is 5.32 Å². The van der Waals surface area contributed by atoms with E-state index in [2.05, 4.69) is 24.4 Å². The monoisotopic (exact) mass is 277 g/mol. The summed E-state index contributed by atoms with van der Waals surface area (Å²) in [5, 5.41) is 3.62. The summed E-state index contributed by atoms with van der Waals surface area (Å²) in [6.07, 6.45) is 3.78. The van der Waals surface area contributed by atoms with Crippen LogP contribution in [0, 0.1) is 5.92 Å². The molecule has 0 amide bonds. The molecular formula is C17H27NO2. The molecule has 2 atom stereocenters. The zero-order valence-electron chi connectivity index (χ0n) is 12.9. The van der Waals surface area contributed by atoms with Gasteiger partial charge in [0.15, 0.2) is 11.5 Å². The quantitative estimate of drug-likeness (QED) is 0.854. The summed E-state index contributed by atoms with van der Waals surface area (Å²) in [6, 6.07) is 6.80. The van der Waals surface area contributed by atoms with Crippen LogP contribution in [0.5, 0.6) is 11.5 Å². The normalized spacial score (nSPS) is 22.6. The maximum absolute atomic E-state index is 5.72. The Kier molecular flexibility index (Phi) is 5.72. The average molecular weight is 277 g/mol. The molecule has 0 aromatic heterocycles. The van der Waals surface area contributed by atoms with Crippen LogP contribution in [-0.2, 0) is 0 Å². The van der Waals surface area contributed by atoms with Crippen LogP contribution in [0.15, 0.2) is 18.2 Å². The molecule has 2 unspecified atom stereocenters. The maximum atomic E-state index is 5.72. The second-order valence-corrected chi connectivity index (χ2v) is 5.38. The van der Waals surface area contributed by atoms with Gasteiger partial charge in [-0.05, 0) is 56.8 Å². The molecule has 3 nitrogen and oxygen atoms in total. The van der Waals surface area contributed by atoms with Crippen LogP contribution in [0.1, 0.15) is 51.6 Å². The van der Waals surface area contributed by atoms with Gasteiger partial charge in [0, 0.05) is 6.04 Å². The zero-order valence-corrected chi connectivity index (χ0v) is 12.9. The first-order chi connectivity index (χ1) is 9.78. The Labute approximate surface area is 122 Å². The van der Waals surface area contributed by atoms with Crippen LogP contribution in [0.2, 0.25) is 0 Å². The molecule has 1 aromatic carbocycles. The van der Waals surface area contributed by atoms with Crippen molar-refractivity contribution in [2.75, 3.05) is 19.8 Å². The number of hydrogen-bond donors (Lipinski definition) is 1. The van der Waals surface area contributed by atoms with E-state index in [1.165, 1.54) is 24.8 Å². The molecule has 0 radical (unpaired) electrons. The van der Waals surface area contributed by atoms with Gasteiger partial charge in [0.25, 0.3) is 0 Å². The van der Waals surface area contributed by atoms with Gasteiger partial charge in [-0.3, -0.25) is 0 Å². The largest absolute Gasteiger partial charge is 0.490 e. The van der Waals surface area contributed by atoms with Crippen molar-refractivity contribution in [2.45, 2.75) is 46.1 Å². The second-order valence-electron chi connectivity index (χ2n) is 5.38. The summed E-state index contributed by atoms with van der Waals surface area (Å²) in [5.74, 6) is 2.55. The number of benzene rings is 1. The molecule has 3 heteroatoms. The fourth-order valence-electron chi connectivity index (χ4n) is 2.91. The topological polar surface area (TPSA) is 30.5 Å². The van der Waals surface area contributed by atoms with Gasteiger partial charge in [0.2, 0.25) is 0 Å². The van der Waals surface area contributed by atoms with E-state index >= 15 is 0 Å². The Bertz CT molecular complexity index is 419. The molecule has 1 aliphatic heterocycles. The Hall–Kier alpha value is -1.22. The van der Waals surface area contributed by atoms with Crippen LogP contribution in [0.25, 0.3) is 0 Å². The highest BCUT2D eigenvalue weighted by atomic mass is 16.5. The molecule has 1 aromatic rings. The minimum absolute atomic E-state index is 0.448. The fraction of sp³-hybridized carbons (Fsp3) is 0.647. The minimum Gasteiger partial charge on any atom is -0.490 e. The lowest BCUT2D eigenvalue weighted by molar-refractivity contribution is 0.282. The van der Waals surface area contributed by atoms with E-state index in [4.69, 9.17) is 9.47 Å². The smallest absolute Gasteiger partial charge is 0.161 e. The lowest BCUT2D eigenvalue weighted by Gasteiger charge is -2.30. The third kappa shape index (κ3) is 3.66. The molecule has 1 aliphatic rings. The van der Waals surface area contributed by atoms with Crippen LogP contribution < -0.4 is 14.8 Å². The summed E-state index contributed by atoms with van der Waals surface area (Å²) in [7, 11) is 0. The van der Waals surface area contributed by atoms with Crippen molar-refractivity contribution in [3.8, 4) is 11.5 Å². The highest BCUT2D eigenvalue weighted by Crippen LogP contribution is 2.34. The van der Waals surface area contributed by atoms with E-state index in [-0.39, 0.29) is 0 Å². The van der Waals surface area contributed by atoms with Crippen molar-refractivity contribution in [2.24, 2.45) is 5.92 Å². The summed E-state index contributed by atoms with van der Waals surface area (Å²) in [4.78, 5) is 0. The molecule has 0 saturated carbocycles. The van der Waals surface area contributed by atoms with Crippen LogP contribution in [0.4, 0.5) is 0 Å². The van der Waals surface area contributed by atoms with Crippen LogP contribution in [-0.4, -0.2) is 19.8 Å². The summed E-state index contributed by atoms with van der Waals surface area (Å²) in [6.45, 7) is 8.74. The van der Waals surface area contributed by atoms with Crippen LogP contribution in [0.3, 0.4) is 0 Å². The lowest BCUT2D eigenvalue weighted by atomic mass is 9.87. The molecule has 0 bridgehead atoms. The van der Waals surface area contributed by atoms with Gasteiger partial charge in [-0.15, -0.1) is 0 Å². The fourth-order valence-corrected chi connectivity index (χ4v) is 2.91. The van der Waals surface area contributed by atoms with E-state index in [1.807, 2.05) is 19.9 Å². The molecule has 0 aliphatic carbocycles. The summed E-state index contributed by atoms with van der Waals surface area (Å²) < 4.78 is 11.4. The van der Waals surface area contributed by atoms with Gasteiger partial charge in [0.05, 0.1) is 13.2 Å². The average Bonchev–Trinajstić information content (AvgIpc) is 2.49. The van der Waals surface area contributed by atoms with Crippen molar-refractivity contribution in [3.63, 3.8) is 0 Å². The molecule has 1 N–H and O–H groups in total. The maximum Gasteiger partial charge on any atom is 0.161 e. The molecule has 0 spiro atoms. The number of hydrogen-bond acceptors (Lipinski definition) is 3. The minimum atomic E-state index is 0.448. The first-order valence-corrected chi connectivity index (χ1v) is 7.91. The molecular weight excluding hydrogens is 250 g/mol. The van der Waals surface area contributed by atoms with Crippen molar-refractivity contribution in [1.29, 1.82) is 0 Å². The van der Waals surface area contributed by atoms with E-state index in [0.29, 0.717) is 19.3 Å². The first-order valence-electron chi connectivity index (χ1n) is 7.91. The molecule has 112 valence electrons. The van der Waals surface area contributed by atoms with Gasteiger partial charge in [-0.25, -0.2) is 0 Å². The molecule has 1 heterocycles. The van der Waals surface area contributed by atoms with Crippen molar-refractivity contribution in [3.05, 3.63) is 23.8 Å². The SMILES string of the molecule is CCOc1ccc(C2CC(CC)CCN2)cc1OCC. The molecule has 20 heavy (non-hydrogen) atoms. The Morgan fingerprint density at radius 1 is 1.10 bits per heavy atom. The van der Waals surface area contributed by atoms with Gasteiger partial charge in [0.1, 0.15) is 0 Å². The number of piperidine rings is 1. The predicted molar refractivity (Wildman–Crippen MR) is 82.5 cm³/mol. The van der Waals surface area contributed by atoms with E-state index in [9.17, 15) is 0 Å². The van der Waals surface area contributed by atoms with E-state index in [1.54, 1.807) is 0 Å². The van der Waals surface area contributed by atoms with Crippen molar-refractivity contribution < 1.29 is 9.47 Å². The lowest BCUT2D eigenvalue weighted by Crippen LogP contribution is -2.31. The van der Waals surface area contributed by atoms with Crippen molar-refractivity contribution >= 4 is 0 Å². The van der Waals surface area contributed by atoms with Gasteiger partial charge >= 0.3 is 0 Å². The number of ether oxygens (including phenoxy) is 2. The Balaban J connectivity index is 2.16. The molecule has 1 saturated heterocycles. The van der Waals surface area contributed by atoms with Crippen LogP contribution >= 0.6 is 0 Å². The third-order valence-electron chi connectivity index (χ3n) is 4.06. The third-order valence-corrected chi connectivity index (χ3v) is 4.06. The molecule has 1 fully saturated rings. The highest BCUT2D eigenvalue weighted by Gasteiger charge is 2.22. The summed E-state index contributed by atoms with van der Waals surface area (Å²) >= 11 is 0.